The lowest BCUT2D eigenvalue weighted by Crippen LogP contribution is -2.17. The van der Waals surface area contributed by atoms with Gasteiger partial charge in [-0.15, -0.1) is 0 Å². The maximum atomic E-state index is 15.0. The van der Waals surface area contributed by atoms with Crippen molar-refractivity contribution >= 4 is 0 Å². The number of rotatable bonds is 8. The van der Waals surface area contributed by atoms with E-state index in [0.29, 0.717) is 24.0 Å². The lowest BCUT2D eigenvalue weighted by Gasteiger charge is -2.29. The summed E-state index contributed by atoms with van der Waals surface area (Å²) in [6, 6.07) is 3.42. The number of ether oxygens (including phenoxy) is 1. The van der Waals surface area contributed by atoms with Crippen molar-refractivity contribution in [1.82, 2.24) is 0 Å². The molecule has 2 unspecified atom stereocenters. The van der Waals surface area contributed by atoms with Crippen LogP contribution in [0.1, 0.15) is 102 Å². The molecule has 2 fully saturated rings. The monoisotopic (exact) mass is 470 g/mol. The van der Waals surface area contributed by atoms with E-state index in [1.54, 1.807) is 12.1 Å². The summed E-state index contributed by atoms with van der Waals surface area (Å²) in [5.41, 5.74) is 0.536. The molecule has 188 valence electrons. The molecule has 0 bridgehead atoms. The molecule has 3 heteroatoms. The molecule has 0 saturated heterocycles. The standard InChI is InChI=1S/C31H44F2O/c1-3-4-23-11-13-26(14-12-23)21-34-29-20-19-28(30(32)31(29)33)27-17-15-25(16-18-27)10-9-24-7-5-22(2)6-8-24/h9-11,13,19-20,22-27H,3-8,12,14-18,21H2,1-2H3/b10-9+. The van der Waals surface area contributed by atoms with Gasteiger partial charge in [0.05, 0.1) is 6.61 Å². The Balaban J connectivity index is 1.26. The molecule has 34 heavy (non-hydrogen) atoms. The number of hydrogen-bond acceptors (Lipinski definition) is 1. The summed E-state index contributed by atoms with van der Waals surface area (Å²) >= 11 is 0. The van der Waals surface area contributed by atoms with Crippen LogP contribution in [0.15, 0.2) is 36.4 Å². The minimum absolute atomic E-state index is 0.0590. The van der Waals surface area contributed by atoms with Crippen LogP contribution in [0.4, 0.5) is 8.78 Å². The SMILES string of the molecule is CCCC1C=CC(COc2ccc(C3CCC(/C=C/C4CCC(C)CC4)CC3)c(F)c2F)CC1. The van der Waals surface area contributed by atoms with E-state index in [1.807, 2.05) is 0 Å². The fourth-order valence-electron chi connectivity index (χ4n) is 6.27. The van der Waals surface area contributed by atoms with Gasteiger partial charge in [0, 0.05) is 5.92 Å². The van der Waals surface area contributed by atoms with Gasteiger partial charge in [-0.25, -0.2) is 4.39 Å². The Morgan fingerprint density at radius 2 is 1.41 bits per heavy atom. The summed E-state index contributed by atoms with van der Waals surface area (Å²) in [5, 5.41) is 0. The topological polar surface area (TPSA) is 9.23 Å². The van der Waals surface area contributed by atoms with Gasteiger partial charge in [0.25, 0.3) is 0 Å². The van der Waals surface area contributed by atoms with Crippen molar-refractivity contribution in [3.05, 3.63) is 53.6 Å². The van der Waals surface area contributed by atoms with E-state index in [9.17, 15) is 8.78 Å². The molecular weight excluding hydrogens is 426 g/mol. The summed E-state index contributed by atoms with van der Waals surface area (Å²) in [5.74, 6) is 1.83. The van der Waals surface area contributed by atoms with Crippen LogP contribution < -0.4 is 4.74 Å². The first-order valence-corrected chi connectivity index (χ1v) is 14.0. The molecule has 2 saturated carbocycles. The van der Waals surface area contributed by atoms with Crippen LogP contribution in [0, 0.1) is 41.2 Å². The maximum Gasteiger partial charge on any atom is 0.200 e. The number of hydrogen-bond donors (Lipinski definition) is 0. The fraction of sp³-hybridized carbons (Fsp3) is 0.677. The quantitative estimate of drug-likeness (QED) is 0.344. The maximum absolute atomic E-state index is 15.0. The molecule has 0 spiro atoms. The van der Waals surface area contributed by atoms with E-state index in [0.717, 1.165) is 50.4 Å². The zero-order chi connectivity index (χ0) is 23.9. The first kappa shape index (κ1) is 25.5. The average molecular weight is 471 g/mol. The molecule has 3 aliphatic rings. The molecule has 1 nitrogen and oxygen atoms in total. The van der Waals surface area contributed by atoms with Gasteiger partial charge in [0.15, 0.2) is 11.6 Å². The molecule has 0 aromatic heterocycles. The molecule has 0 radical (unpaired) electrons. The van der Waals surface area contributed by atoms with Gasteiger partial charge >= 0.3 is 0 Å². The van der Waals surface area contributed by atoms with Crippen LogP contribution in [-0.4, -0.2) is 6.61 Å². The smallest absolute Gasteiger partial charge is 0.200 e. The summed E-state index contributed by atoms with van der Waals surface area (Å²) in [4.78, 5) is 0. The average Bonchev–Trinajstić information content (AvgIpc) is 2.86. The van der Waals surface area contributed by atoms with Crippen LogP contribution in [0.25, 0.3) is 0 Å². The summed E-state index contributed by atoms with van der Waals surface area (Å²) in [7, 11) is 0. The summed E-state index contributed by atoms with van der Waals surface area (Å²) in [6.07, 6.45) is 23.3. The number of allylic oxidation sites excluding steroid dienone is 3. The zero-order valence-corrected chi connectivity index (χ0v) is 21.3. The molecule has 3 aliphatic carbocycles. The van der Waals surface area contributed by atoms with E-state index < -0.39 is 11.6 Å². The highest BCUT2D eigenvalue weighted by Crippen LogP contribution is 2.40. The minimum Gasteiger partial charge on any atom is -0.490 e. The molecule has 0 amide bonds. The van der Waals surface area contributed by atoms with Crippen molar-refractivity contribution in [1.29, 1.82) is 0 Å². The molecule has 2 atom stereocenters. The van der Waals surface area contributed by atoms with Gasteiger partial charge < -0.3 is 4.74 Å². The highest BCUT2D eigenvalue weighted by atomic mass is 19.2. The highest BCUT2D eigenvalue weighted by molar-refractivity contribution is 5.33. The highest BCUT2D eigenvalue weighted by Gasteiger charge is 2.26. The normalized spacial score (nSPS) is 32.2. The third kappa shape index (κ3) is 6.73. The third-order valence-corrected chi connectivity index (χ3v) is 8.68. The fourth-order valence-corrected chi connectivity index (χ4v) is 6.27. The van der Waals surface area contributed by atoms with Gasteiger partial charge in [-0.2, -0.15) is 4.39 Å². The van der Waals surface area contributed by atoms with Crippen molar-refractivity contribution in [3.8, 4) is 5.75 Å². The van der Waals surface area contributed by atoms with E-state index in [4.69, 9.17) is 4.74 Å². The Morgan fingerprint density at radius 1 is 0.794 bits per heavy atom. The molecule has 1 aromatic rings. The third-order valence-electron chi connectivity index (χ3n) is 8.68. The second kappa shape index (κ2) is 12.4. The van der Waals surface area contributed by atoms with E-state index in [-0.39, 0.29) is 17.6 Å². The summed E-state index contributed by atoms with van der Waals surface area (Å²) < 4.78 is 35.6. The van der Waals surface area contributed by atoms with Crippen LogP contribution in [-0.2, 0) is 0 Å². The van der Waals surface area contributed by atoms with Crippen molar-refractivity contribution in [2.45, 2.75) is 96.8 Å². The van der Waals surface area contributed by atoms with Gasteiger partial charge in [0.2, 0.25) is 5.82 Å². The zero-order valence-electron chi connectivity index (χ0n) is 21.3. The molecule has 1 aromatic carbocycles. The Labute approximate surface area is 206 Å². The number of halogens is 2. The van der Waals surface area contributed by atoms with Crippen molar-refractivity contribution in [3.63, 3.8) is 0 Å². The van der Waals surface area contributed by atoms with E-state index in [2.05, 4.69) is 38.2 Å². The Bertz CT molecular complexity index is 828. The van der Waals surface area contributed by atoms with Crippen LogP contribution in [0.2, 0.25) is 0 Å². The molecule has 0 heterocycles. The molecule has 0 N–H and O–H groups in total. The van der Waals surface area contributed by atoms with Crippen LogP contribution >= 0.6 is 0 Å². The number of benzene rings is 1. The van der Waals surface area contributed by atoms with Gasteiger partial charge in [0.1, 0.15) is 0 Å². The van der Waals surface area contributed by atoms with Gasteiger partial charge in [-0.05, 0) is 99.0 Å². The largest absolute Gasteiger partial charge is 0.490 e. The van der Waals surface area contributed by atoms with Crippen LogP contribution in [0.3, 0.4) is 0 Å². The van der Waals surface area contributed by atoms with Gasteiger partial charge in [-0.3, -0.25) is 0 Å². The van der Waals surface area contributed by atoms with Gasteiger partial charge in [-0.1, -0.05) is 63.5 Å². The van der Waals surface area contributed by atoms with E-state index in [1.165, 1.54) is 38.5 Å². The minimum atomic E-state index is -0.810. The van der Waals surface area contributed by atoms with Crippen molar-refractivity contribution in [2.75, 3.05) is 6.61 Å². The Hall–Kier alpha value is -1.64. The second-order valence-corrected chi connectivity index (χ2v) is 11.4. The lowest BCUT2D eigenvalue weighted by atomic mass is 9.77. The van der Waals surface area contributed by atoms with E-state index >= 15 is 0 Å². The lowest BCUT2D eigenvalue weighted by molar-refractivity contribution is 0.241. The Kier molecular flexibility index (Phi) is 9.25. The predicted octanol–water partition coefficient (Wildman–Crippen LogP) is 9.38. The summed E-state index contributed by atoms with van der Waals surface area (Å²) in [6.45, 7) is 4.99. The first-order valence-electron chi connectivity index (χ1n) is 14.0. The first-order chi connectivity index (χ1) is 16.5. The molecular formula is C31H44F2O. The van der Waals surface area contributed by atoms with Crippen LogP contribution in [0.5, 0.6) is 5.75 Å². The predicted molar refractivity (Wildman–Crippen MR) is 137 cm³/mol. The Morgan fingerprint density at radius 3 is 2.03 bits per heavy atom. The molecule has 4 rings (SSSR count). The molecule has 0 aliphatic heterocycles. The van der Waals surface area contributed by atoms with Crippen molar-refractivity contribution < 1.29 is 13.5 Å². The van der Waals surface area contributed by atoms with Crippen molar-refractivity contribution in [2.24, 2.45) is 29.6 Å². The second-order valence-electron chi connectivity index (χ2n) is 11.4.